The fraction of sp³-hybridized carbons (Fsp3) is 0.222. The van der Waals surface area contributed by atoms with Crippen LogP contribution in [0.15, 0.2) is 97.1 Å². The number of rotatable bonds is 14. The van der Waals surface area contributed by atoms with E-state index in [0.29, 0.717) is 16.2 Å². The van der Waals surface area contributed by atoms with E-state index in [9.17, 15) is 28.8 Å². The first-order valence-electron chi connectivity index (χ1n) is 15.7. The van der Waals surface area contributed by atoms with Crippen LogP contribution in [0.5, 0.6) is 11.5 Å². The lowest BCUT2D eigenvalue weighted by Gasteiger charge is -2.33. The van der Waals surface area contributed by atoms with Gasteiger partial charge in [-0.1, -0.05) is 90.5 Å². The van der Waals surface area contributed by atoms with Crippen LogP contribution < -0.4 is 20.1 Å². The number of halogens is 1. The van der Waals surface area contributed by atoms with Crippen molar-refractivity contribution in [1.29, 1.82) is 0 Å². The Morgan fingerprint density at radius 3 is 1.94 bits per heavy atom. The SMILES string of the molecule is COc1ccc(CN2CCN(C(=O)NC(C(=O)O)c3ccc(P(=O)(OCc4ccccc4)OCc4ccccc4)cc3)C(=O)C2=O)c(Cl)c1OC. The Morgan fingerprint density at radius 1 is 0.824 bits per heavy atom. The van der Waals surface area contributed by atoms with Crippen LogP contribution in [-0.4, -0.2) is 66.0 Å². The van der Waals surface area contributed by atoms with E-state index in [2.05, 4.69) is 5.32 Å². The van der Waals surface area contributed by atoms with Crippen molar-refractivity contribution < 1.29 is 47.4 Å². The van der Waals surface area contributed by atoms with Crippen LogP contribution in [0.4, 0.5) is 4.79 Å². The molecular formula is C36H35ClN3O10P. The van der Waals surface area contributed by atoms with Crippen molar-refractivity contribution in [2.45, 2.75) is 25.8 Å². The summed E-state index contributed by atoms with van der Waals surface area (Å²) in [5.41, 5.74) is 2.14. The second kappa shape index (κ2) is 16.7. The summed E-state index contributed by atoms with van der Waals surface area (Å²) in [4.78, 5) is 53.5. The molecule has 4 amide bonds. The second-order valence-corrected chi connectivity index (χ2v) is 13.7. The van der Waals surface area contributed by atoms with Crippen molar-refractivity contribution >= 4 is 48.3 Å². The van der Waals surface area contributed by atoms with Crippen molar-refractivity contribution in [2.24, 2.45) is 0 Å². The van der Waals surface area contributed by atoms with Crippen LogP contribution in [0.1, 0.15) is 28.3 Å². The summed E-state index contributed by atoms with van der Waals surface area (Å²) in [6, 6.07) is 24.4. The third kappa shape index (κ3) is 8.76. The molecule has 1 atom stereocenters. The molecule has 1 saturated heterocycles. The number of carboxylic acids is 1. The van der Waals surface area contributed by atoms with E-state index in [1.54, 1.807) is 12.1 Å². The summed E-state index contributed by atoms with van der Waals surface area (Å²) >= 11 is 6.45. The zero-order chi connectivity index (χ0) is 36.5. The van der Waals surface area contributed by atoms with Crippen molar-refractivity contribution in [1.82, 2.24) is 15.1 Å². The van der Waals surface area contributed by atoms with Crippen LogP contribution in [-0.2, 0) is 47.8 Å². The van der Waals surface area contributed by atoms with Gasteiger partial charge < -0.3 is 33.8 Å². The minimum Gasteiger partial charge on any atom is -0.493 e. The lowest BCUT2D eigenvalue weighted by atomic mass is 10.1. The smallest absolute Gasteiger partial charge is 0.361 e. The van der Waals surface area contributed by atoms with Gasteiger partial charge in [0.05, 0.1) is 37.8 Å². The highest BCUT2D eigenvalue weighted by molar-refractivity contribution is 7.62. The Hall–Kier alpha value is -5.20. The molecule has 0 radical (unpaired) electrons. The van der Waals surface area contributed by atoms with E-state index in [4.69, 9.17) is 30.1 Å². The van der Waals surface area contributed by atoms with Gasteiger partial charge in [-0.3, -0.25) is 19.1 Å². The van der Waals surface area contributed by atoms with Crippen molar-refractivity contribution in [3.05, 3.63) is 124 Å². The maximum atomic E-state index is 14.1. The van der Waals surface area contributed by atoms with E-state index >= 15 is 0 Å². The molecule has 0 aliphatic carbocycles. The van der Waals surface area contributed by atoms with Gasteiger partial charge in [-0.2, -0.15) is 0 Å². The number of carbonyl (C=O) groups is 4. The number of nitrogens with one attached hydrogen (secondary N) is 1. The predicted molar refractivity (Wildman–Crippen MR) is 187 cm³/mol. The van der Waals surface area contributed by atoms with E-state index < -0.39 is 37.5 Å². The van der Waals surface area contributed by atoms with Gasteiger partial charge in [0.15, 0.2) is 17.5 Å². The number of urea groups is 1. The van der Waals surface area contributed by atoms with Crippen LogP contribution in [0, 0.1) is 0 Å². The Labute approximate surface area is 299 Å². The zero-order valence-electron chi connectivity index (χ0n) is 27.7. The maximum absolute atomic E-state index is 14.1. The molecule has 266 valence electrons. The fourth-order valence-corrected chi connectivity index (χ4v) is 7.09. The van der Waals surface area contributed by atoms with Crippen LogP contribution in [0.25, 0.3) is 0 Å². The Bertz CT molecular complexity index is 1880. The van der Waals surface area contributed by atoms with Crippen LogP contribution in [0.2, 0.25) is 5.02 Å². The molecule has 0 spiro atoms. The summed E-state index contributed by atoms with van der Waals surface area (Å²) in [5, 5.41) is 12.7. The van der Waals surface area contributed by atoms with Gasteiger partial charge in [-0.25, -0.2) is 9.59 Å². The number of carboxylic acid groups (broad SMARTS) is 1. The monoisotopic (exact) mass is 735 g/mol. The molecule has 1 aliphatic heterocycles. The number of benzene rings is 4. The number of imide groups is 1. The highest BCUT2D eigenvalue weighted by Gasteiger charge is 2.38. The highest BCUT2D eigenvalue weighted by Crippen LogP contribution is 2.49. The molecule has 4 aromatic rings. The lowest BCUT2D eigenvalue weighted by molar-refractivity contribution is -0.154. The van der Waals surface area contributed by atoms with Gasteiger partial charge in [-0.05, 0) is 40.5 Å². The number of piperazine rings is 1. The standard InChI is InChI=1S/C36H35ClN3O10P/c1-47-29-18-15-27(30(37)32(29)48-2)21-39-19-20-40(34(42)33(39)41)36(45)38-31(35(43)44)26-13-16-28(17-14-26)51(46,49-22-24-9-5-3-6-10-24)50-23-25-11-7-4-8-12-25/h3-18,31H,19-23H2,1-2H3,(H,38,45)(H,43,44). The number of ether oxygens (including phenoxy) is 2. The molecule has 1 aliphatic rings. The first-order chi connectivity index (χ1) is 24.5. The maximum Gasteiger partial charge on any atom is 0.361 e. The minimum absolute atomic E-state index is 0.0101. The molecule has 13 nitrogen and oxygen atoms in total. The zero-order valence-corrected chi connectivity index (χ0v) is 29.3. The van der Waals surface area contributed by atoms with E-state index in [0.717, 1.165) is 11.1 Å². The number of hydrogen-bond donors (Lipinski definition) is 2. The van der Waals surface area contributed by atoms with Crippen molar-refractivity contribution in [2.75, 3.05) is 27.3 Å². The summed E-state index contributed by atoms with van der Waals surface area (Å²) in [6.07, 6.45) is 0. The molecule has 1 unspecified atom stereocenters. The molecule has 5 rings (SSSR count). The molecule has 4 aromatic carbocycles. The van der Waals surface area contributed by atoms with Gasteiger partial charge in [0, 0.05) is 19.6 Å². The number of nitrogens with zero attached hydrogens (tertiary/aromatic N) is 2. The first kappa shape index (κ1) is 37.1. The van der Waals surface area contributed by atoms with E-state index in [1.165, 1.54) is 43.4 Å². The summed E-state index contributed by atoms with van der Waals surface area (Å²) in [5.74, 6) is -2.88. The molecule has 15 heteroatoms. The first-order valence-corrected chi connectivity index (χ1v) is 17.6. The molecule has 2 N–H and O–H groups in total. The molecule has 1 fully saturated rings. The largest absolute Gasteiger partial charge is 0.493 e. The van der Waals surface area contributed by atoms with E-state index in [-0.39, 0.29) is 54.5 Å². The average Bonchev–Trinajstić information content (AvgIpc) is 3.15. The van der Waals surface area contributed by atoms with Crippen LogP contribution >= 0.6 is 19.2 Å². The number of methoxy groups -OCH3 is 2. The Balaban J connectivity index is 1.28. The molecular weight excluding hydrogens is 701 g/mol. The topological polar surface area (TPSA) is 161 Å². The normalized spacial score (nSPS) is 13.9. The number of carbonyl (C=O) groups excluding carboxylic acids is 3. The Kier molecular flexibility index (Phi) is 12.1. The van der Waals surface area contributed by atoms with Gasteiger partial charge in [-0.15, -0.1) is 0 Å². The van der Waals surface area contributed by atoms with Gasteiger partial charge in [0.1, 0.15) is 0 Å². The van der Waals surface area contributed by atoms with Crippen LogP contribution in [0.3, 0.4) is 0 Å². The van der Waals surface area contributed by atoms with Crippen molar-refractivity contribution in [3.8, 4) is 11.5 Å². The summed E-state index contributed by atoms with van der Waals surface area (Å²) in [7, 11) is -1.07. The highest BCUT2D eigenvalue weighted by atomic mass is 35.5. The van der Waals surface area contributed by atoms with E-state index in [1.807, 2.05) is 60.7 Å². The molecule has 0 bridgehead atoms. The third-order valence-corrected chi connectivity index (χ3v) is 10.3. The predicted octanol–water partition coefficient (Wildman–Crippen LogP) is 5.32. The quantitative estimate of drug-likeness (QED) is 0.128. The molecule has 0 aromatic heterocycles. The van der Waals surface area contributed by atoms with Gasteiger partial charge >= 0.3 is 31.4 Å². The number of hydrogen-bond acceptors (Lipinski definition) is 9. The number of amides is 4. The third-order valence-electron chi connectivity index (χ3n) is 8.03. The fourth-order valence-electron chi connectivity index (χ4n) is 5.27. The minimum atomic E-state index is -3.94. The molecule has 1 heterocycles. The second-order valence-electron chi connectivity index (χ2n) is 11.3. The van der Waals surface area contributed by atoms with Gasteiger partial charge in [0.25, 0.3) is 0 Å². The molecule has 51 heavy (non-hydrogen) atoms. The molecule has 0 saturated carbocycles. The average molecular weight is 736 g/mol. The van der Waals surface area contributed by atoms with Gasteiger partial charge in [0.2, 0.25) is 0 Å². The summed E-state index contributed by atoms with van der Waals surface area (Å²) in [6.45, 7) is -0.297. The number of aliphatic carboxylic acids is 1. The Morgan fingerprint density at radius 2 is 1.41 bits per heavy atom. The lowest BCUT2D eigenvalue weighted by Crippen LogP contribution is -2.58. The summed E-state index contributed by atoms with van der Waals surface area (Å²) < 4.78 is 36.4. The van der Waals surface area contributed by atoms with Crippen molar-refractivity contribution in [3.63, 3.8) is 0 Å².